The van der Waals surface area contributed by atoms with Crippen molar-refractivity contribution in [2.24, 2.45) is 0 Å². The van der Waals surface area contributed by atoms with Crippen LogP contribution < -0.4 is 4.74 Å². The average molecular weight is 244 g/mol. The van der Waals surface area contributed by atoms with Crippen LogP contribution in [0.25, 0.3) is 10.8 Å². The fraction of sp³-hybridized carbons (Fsp3) is 0.333. The number of hydrogen-bond donors (Lipinski definition) is 0. The van der Waals surface area contributed by atoms with Gasteiger partial charge in [-0.2, -0.15) is 11.8 Å². The first-order valence-electron chi connectivity index (χ1n) is 6.07. The first kappa shape index (κ1) is 11.0. The average Bonchev–Trinajstić information content (AvgIpc) is 2.91. The van der Waals surface area contributed by atoms with E-state index in [2.05, 4.69) is 48.2 Å². The van der Waals surface area contributed by atoms with Crippen molar-refractivity contribution < 1.29 is 4.74 Å². The van der Waals surface area contributed by atoms with Crippen LogP contribution >= 0.6 is 11.8 Å². The molecule has 0 amide bonds. The third-order valence-electron chi connectivity index (χ3n) is 3.41. The number of hydrogen-bond acceptors (Lipinski definition) is 2. The summed E-state index contributed by atoms with van der Waals surface area (Å²) in [6.45, 7) is 0. The maximum Gasteiger partial charge on any atom is 0.126 e. The molecule has 1 fully saturated rings. The Morgan fingerprint density at radius 3 is 2.65 bits per heavy atom. The molecule has 17 heavy (non-hydrogen) atoms. The van der Waals surface area contributed by atoms with Gasteiger partial charge in [0.1, 0.15) is 5.75 Å². The second-order valence-electron chi connectivity index (χ2n) is 4.40. The highest BCUT2D eigenvalue weighted by atomic mass is 32.2. The molecule has 0 bridgehead atoms. The van der Waals surface area contributed by atoms with Gasteiger partial charge in [-0.3, -0.25) is 0 Å². The molecule has 0 saturated carbocycles. The summed E-state index contributed by atoms with van der Waals surface area (Å²) in [4.78, 5) is 0. The lowest BCUT2D eigenvalue weighted by atomic mass is 9.99. The fourth-order valence-electron chi connectivity index (χ4n) is 2.58. The van der Waals surface area contributed by atoms with Crippen LogP contribution in [0.15, 0.2) is 36.4 Å². The summed E-state index contributed by atoms with van der Waals surface area (Å²) in [5.74, 6) is 2.28. The second-order valence-corrected chi connectivity index (χ2v) is 5.71. The highest BCUT2D eigenvalue weighted by molar-refractivity contribution is 7.99. The topological polar surface area (TPSA) is 9.23 Å². The Morgan fingerprint density at radius 2 is 1.94 bits per heavy atom. The van der Waals surface area contributed by atoms with Gasteiger partial charge in [0, 0.05) is 10.6 Å². The fourth-order valence-corrected chi connectivity index (χ4v) is 3.91. The van der Waals surface area contributed by atoms with Crippen LogP contribution in [0.2, 0.25) is 0 Å². The van der Waals surface area contributed by atoms with Crippen LogP contribution in [0.1, 0.15) is 23.7 Å². The standard InChI is InChI=1S/C15H16OS/c1-16-14-9-8-13(15-7-4-10-17-15)11-5-2-3-6-12(11)14/h2-3,5-6,8-9,15H,4,7,10H2,1H3. The summed E-state index contributed by atoms with van der Waals surface area (Å²) in [7, 11) is 1.74. The van der Waals surface area contributed by atoms with Crippen LogP contribution in [0.4, 0.5) is 0 Å². The zero-order chi connectivity index (χ0) is 11.7. The van der Waals surface area contributed by atoms with Crippen LogP contribution in [-0.4, -0.2) is 12.9 Å². The molecule has 1 atom stereocenters. The van der Waals surface area contributed by atoms with Crippen molar-refractivity contribution in [2.45, 2.75) is 18.1 Å². The van der Waals surface area contributed by atoms with Crippen molar-refractivity contribution in [1.82, 2.24) is 0 Å². The summed E-state index contributed by atoms with van der Waals surface area (Å²) in [5, 5.41) is 3.26. The zero-order valence-corrected chi connectivity index (χ0v) is 10.8. The third kappa shape index (κ3) is 1.91. The molecule has 88 valence electrons. The van der Waals surface area contributed by atoms with Gasteiger partial charge in [0.05, 0.1) is 7.11 Å². The minimum atomic E-state index is 0.672. The van der Waals surface area contributed by atoms with E-state index in [-0.39, 0.29) is 0 Å². The van der Waals surface area contributed by atoms with E-state index in [1.165, 1.54) is 34.9 Å². The molecular weight excluding hydrogens is 228 g/mol. The molecule has 2 aromatic carbocycles. The van der Waals surface area contributed by atoms with Gasteiger partial charge >= 0.3 is 0 Å². The molecule has 1 saturated heterocycles. The predicted molar refractivity (Wildman–Crippen MR) is 74.9 cm³/mol. The lowest BCUT2D eigenvalue weighted by Gasteiger charge is -2.14. The smallest absolute Gasteiger partial charge is 0.126 e. The van der Waals surface area contributed by atoms with Crippen LogP contribution in [0.3, 0.4) is 0 Å². The van der Waals surface area contributed by atoms with Gasteiger partial charge in [0.2, 0.25) is 0 Å². The highest BCUT2D eigenvalue weighted by Gasteiger charge is 2.20. The van der Waals surface area contributed by atoms with Crippen molar-refractivity contribution in [1.29, 1.82) is 0 Å². The SMILES string of the molecule is COc1ccc(C2CCCS2)c2ccccc12. The molecule has 0 aliphatic carbocycles. The van der Waals surface area contributed by atoms with Crippen molar-refractivity contribution in [3.63, 3.8) is 0 Å². The molecule has 1 aliphatic rings. The Bertz CT molecular complexity index is 529. The van der Waals surface area contributed by atoms with E-state index in [4.69, 9.17) is 4.74 Å². The Kier molecular flexibility index (Phi) is 2.98. The third-order valence-corrected chi connectivity index (χ3v) is 4.83. The van der Waals surface area contributed by atoms with E-state index in [0.29, 0.717) is 5.25 Å². The van der Waals surface area contributed by atoms with Gasteiger partial charge in [-0.15, -0.1) is 0 Å². The van der Waals surface area contributed by atoms with E-state index < -0.39 is 0 Å². The van der Waals surface area contributed by atoms with Crippen LogP contribution in [0.5, 0.6) is 5.75 Å². The summed E-state index contributed by atoms with van der Waals surface area (Å²) in [5.41, 5.74) is 1.48. The summed E-state index contributed by atoms with van der Waals surface area (Å²) in [6, 6.07) is 12.9. The molecule has 3 rings (SSSR count). The Hall–Kier alpha value is -1.15. The first-order valence-corrected chi connectivity index (χ1v) is 7.12. The monoisotopic (exact) mass is 244 g/mol. The number of thioether (sulfide) groups is 1. The van der Waals surface area contributed by atoms with E-state index in [1.54, 1.807) is 7.11 Å². The maximum absolute atomic E-state index is 5.44. The van der Waals surface area contributed by atoms with Gasteiger partial charge in [0.25, 0.3) is 0 Å². The molecular formula is C15H16OS. The van der Waals surface area contributed by atoms with E-state index >= 15 is 0 Å². The number of methoxy groups -OCH3 is 1. The van der Waals surface area contributed by atoms with E-state index in [0.717, 1.165) is 5.75 Å². The molecule has 1 unspecified atom stereocenters. The minimum absolute atomic E-state index is 0.672. The van der Waals surface area contributed by atoms with Gasteiger partial charge in [0.15, 0.2) is 0 Å². The highest BCUT2D eigenvalue weighted by Crippen LogP contribution is 2.43. The molecule has 1 nitrogen and oxygen atoms in total. The number of ether oxygens (including phenoxy) is 1. The van der Waals surface area contributed by atoms with Crippen LogP contribution in [0, 0.1) is 0 Å². The normalized spacial score (nSPS) is 19.7. The first-order chi connectivity index (χ1) is 8.40. The molecule has 2 heteroatoms. The molecule has 0 aromatic heterocycles. The number of benzene rings is 2. The molecule has 0 spiro atoms. The van der Waals surface area contributed by atoms with Gasteiger partial charge < -0.3 is 4.74 Å². The minimum Gasteiger partial charge on any atom is -0.496 e. The predicted octanol–water partition coefficient (Wildman–Crippen LogP) is 4.42. The summed E-state index contributed by atoms with van der Waals surface area (Å²) < 4.78 is 5.44. The Balaban J connectivity index is 2.19. The molecule has 1 heterocycles. The van der Waals surface area contributed by atoms with Gasteiger partial charge in [-0.1, -0.05) is 30.3 Å². The maximum atomic E-state index is 5.44. The largest absolute Gasteiger partial charge is 0.496 e. The summed E-state index contributed by atoms with van der Waals surface area (Å²) in [6.07, 6.45) is 2.65. The summed E-state index contributed by atoms with van der Waals surface area (Å²) >= 11 is 2.08. The Labute approximate surface area is 106 Å². The molecule has 0 radical (unpaired) electrons. The zero-order valence-electron chi connectivity index (χ0n) is 9.98. The number of fused-ring (bicyclic) bond motifs is 1. The van der Waals surface area contributed by atoms with E-state index in [1.807, 2.05) is 0 Å². The molecule has 2 aromatic rings. The van der Waals surface area contributed by atoms with Crippen molar-refractivity contribution in [2.75, 3.05) is 12.9 Å². The van der Waals surface area contributed by atoms with Gasteiger partial charge in [-0.25, -0.2) is 0 Å². The molecule has 1 aliphatic heterocycles. The lowest BCUT2D eigenvalue weighted by Crippen LogP contribution is -1.93. The van der Waals surface area contributed by atoms with Crippen LogP contribution in [-0.2, 0) is 0 Å². The van der Waals surface area contributed by atoms with Crippen molar-refractivity contribution in [3.8, 4) is 5.75 Å². The lowest BCUT2D eigenvalue weighted by molar-refractivity contribution is 0.419. The quantitative estimate of drug-likeness (QED) is 0.773. The molecule has 0 N–H and O–H groups in total. The Morgan fingerprint density at radius 1 is 1.12 bits per heavy atom. The second kappa shape index (κ2) is 4.61. The van der Waals surface area contributed by atoms with Crippen molar-refractivity contribution >= 4 is 22.5 Å². The number of rotatable bonds is 2. The van der Waals surface area contributed by atoms with Gasteiger partial charge in [-0.05, 0) is 35.6 Å². The van der Waals surface area contributed by atoms with E-state index in [9.17, 15) is 0 Å². The van der Waals surface area contributed by atoms with Crippen molar-refractivity contribution in [3.05, 3.63) is 42.0 Å².